The fourth-order valence-corrected chi connectivity index (χ4v) is 2.00. The van der Waals surface area contributed by atoms with E-state index in [0.29, 0.717) is 5.69 Å². The predicted octanol–water partition coefficient (Wildman–Crippen LogP) is 1.99. The molecule has 0 fully saturated rings. The summed E-state index contributed by atoms with van der Waals surface area (Å²) in [5.41, 5.74) is 8.48. The van der Waals surface area contributed by atoms with Gasteiger partial charge in [0.1, 0.15) is 6.54 Å². The van der Waals surface area contributed by atoms with E-state index in [1.807, 2.05) is 13.8 Å². The molecule has 0 aliphatic carbocycles. The van der Waals surface area contributed by atoms with Gasteiger partial charge in [0.15, 0.2) is 0 Å². The van der Waals surface area contributed by atoms with Crippen LogP contribution in [0.2, 0.25) is 0 Å². The number of anilines is 1. The largest absolute Gasteiger partial charge is 0.396 e. The van der Waals surface area contributed by atoms with Crippen LogP contribution in [0.1, 0.15) is 24.1 Å². The third-order valence-corrected chi connectivity index (χ3v) is 3.48. The summed E-state index contributed by atoms with van der Waals surface area (Å²) >= 11 is 0. The number of nitrogens with two attached hydrogens (primary N) is 1. The van der Waals surface area contributed by atoms with Gasteiger partial charge in [-0.1, -0.05) is 29.8 Å². The molecule has 1 atom stereocenters. The molecule has 0 saturated heterocycles. The Balaban J connectivity index is 2.04. The van der Waals surface area contributed by atoms with Gasteiger partial charge in [-0.15, -0.1) is 0 Å². The van der Waals surface area contributed by atoms with Gasteiger partial charge >= 0.3 is 0 Å². The lowest BCUT2D eigenvalue weighted by atomic mass is 10.1. The lowest BCUT2D eigenvalue weighted by molar-refractivity contribution is -0.132. The van der Waals surface area contributed by atoms with Crippen LogP contribution in [0.4, 0.5) is 5.69 Å². The minimum Gasteiger partial charge on any atom is -0.396 e. The number of rotatable bonds is 4. The van der Waals surface area contributed by atoms with E-state index in [2.05, 4.69) is 29.4 Å². The zero-order valence-electron chi connectivity index (χ0n) is 12.1. The first-order valence-corrected chi connectivity index (χ1v) is 6.57. The van der Waals surface area contributed by atoms with Crippen LogP contribution in [0.25, 0.3) is 0 Å². The maximum absolute atomic E-state index is 12.2. The van der Waals surface area contributed by atoms with Gasteiger partial charge in [0.05, 0.1) is 17.9 Å². The summed E-state index contributed by atoms with van der Waals surface area (Å²) in [6, 6.07) is 8.23. The monoisotopic (exact) mass is 272 g/mol. The highest BCUT2D eigenvalue weighted by Gasteiger charge is 2.17. The molecule has 0 aliphatic heterocycles. The Kier molecular flexibility index (Phi) is 4.08. The molecule has 5 nitrogen and oxygen atoms in total. The standard InChI is InChI=1S/C15H20N4O/c1-11-4-6-13(7-5-11)12(2)18(3)15(20)10-19-9-14(16)8-17-19/h4-9,12H,10,16H2,1-3H3. The van der Waals surface area contributed by atoms with E-state index in [4.69, 9.17) is 5.73 Å². The van der Waals surface area contributed by atoms with Crippen molar-refractivity contribution in [3.05, 3.63) is 47.8 Å². The molecular formula is C15H20N4O. The zero-order valence-corrected chi connectivity index (χ0v) is 12.1. The van der Waals surface area contributed by atoms with Crippen LogP contribution in [0.5, 0.6) is 0 Å². The molecule has 1 aromatic heterocycles. The van der Waals surface area contributed by atoms with Crippen LogP contribution < -0.4 is 5.73 Å². The van der Waals surface area contributed by atoms with Crippen molar-refractivity contribution < 1.29 is 4.79 Å². The zero-order chi connectivity index (χ0) is 14.7. The summed E-state index contributed by atoms with van der Waals surface area (Å²) in [7, 11) is 1.81. The number of benzene rings is 1. The third-order valence-electron chi connectivity index (χ3n) is 3.48. The molecule has 1 heterocycles. The Morgan fingerprint density at radius 2 is 2.05 bits per heavy atom. The number of aryl methyl sites for hydroxylation is 1. The van der Waals surface area contributed by atoms with Gasteiger partial charge in [-0.3, -0.25) is 9.48 Å². The molecule has 1 aromatic carbocycles. The van der Waals surface area contributed by atoms with E-state index in [0.717, 1.165) is 5.56 Å². The van der Waals surface area contributed by atoms with Gasteiger partial charge in [0.2, 0.25) is 5.91 Å². The topological polar surface area (TPSA) is 64.2 Å². The van der Waals surface area contributed by atoms with Crippen molar-refractivity contribution in [2.24, 2.45) is 0 Å². The molecule has 2 N–H and O–H groups in total. The molecule has 0 bridgehead atoms. The fraction of sp³-hybridized carbons (Fsp3) is 0.333. The molecule has 2 aromatic rings. The van der Waals surface area contributed by atoms with Crippen molar-refractivity contribution in [2.75, 3.05) is 12.8 Å². The normalized spacial score (nSPS) is 12.2. The summed E-state index contributed by atoms with van der Waals surface area (Å²) in [6.45, 7) is 4.26. The number of nitrogen functional groups attached to an aromatic ring is 1. The minimum absolute atomic E-state index is 0.00109. The second kappa shape index (κ2) is 5.77. The predicted molar refractivity (Wildman–Crippen MR) is 79.0 cm³/mol. The first-order valence-electron chi connectivity index (χ1n) is 6.57. The maximum atomic E-state index is 12.2. The summed E-state index contributed by atoms with van der Waals surface area (Å²) < 4.78 is 1.55. The van der Waals surface area contributed by atoms with E-state index in [-0.39, 0.29) is 18.5 Å². The number of hydrogen-bond acceptors (Lipinski definition) is 3. The van der Waals surface area contributed by atoms with E-state index in [1.54, 1.807) is 22.8 Å². The Hall–Kier alpha value is -2.30. The number of aromatic nitrogens is 2. The molecule has 0 aliphatic rings. The highest BCUT2D eigenvalue weighted by atomic mass is 16.2. The van der Waals surface area contributed by atoms with Gasteiger partial charge in [0, 0.05) is 13.2 Å². The van der Waals surface area contributed by atoms with Gasteiger partial charge in [-0.2, -0.15) is 5.10 Å². The van der Waals surface area contributed by atoms with Crippen molar-refractivity contribution in [3.63, 3.8) is 0 Å². The van der Waals surface area contributed by atoms with Crippen LogP contribution in [-0.4, -0.2) is 27.6 Å². The number of amides is 1. The number of likely N-dealkylation sites (N-methyl/N-ethyl adjacent to an activating group) is 1. The molecule has 2 rings (SSSR count). The van der Waals surface area contributed by atoms with Crippen LogP contribution in [0.15, 0.2) is 36.7 Å². The highest BCUT2D eigenvalue weighted by Crippen LogP contribution is 2.19. The van der Waals surface area contributed by atoms with Gasteiger partial charge < -0.3 is 10.6 Å². The molecular weight excluding hydrogens is 252 g/mol. The number of hydrogen-bond donors (Lipinski definition) is 1. The summed E-state index contributed by atoms with van der Waals surface area (Å²) in [4.78, 5) is 14.0. The van der Waals surface area contributed by atoms with Crippen molar-refractivity contribution >= 4 is 11.6 Å². The summed E-state index contributed by atoms with van der Waals surface area (Å²) in [5, 5.41) is 4.03. The lowest BCUT2D eigenvalue weighted by Gasteiger charge is -2.25. The van der Waals surface area contributed by atoms with Gasteiger partial charge in [-0.25, -0.2) is 0 Å². The summed E-state index contributed by atoms with van der Waals surface area (Å²) in [5.74, 6) is 0.00109. The maximum Gasteiger partial charge on any atom is 0.244 e. The van der Waals surface area contributed by atoms with Crippen molar-refractivity contribution in [1.82, 2.24) is 14.7 Å². The Labute approximate surface area is 119 Å². The molecule has 0 spiro atoms. The lowest BCUT2D eigenvalue weighted by Crippen LogP contribution is -2.32. The Bertz CT molecular complexity index is 588. The average molecular weight is 272 g/mol. The molecule has 1 amide bonds. The molecule has 0 radical (unpaired) electrons. The Morgan fingerprint density at radius 1 is 1.40 bits per heavy atom. The highest BCUT2D eigenvalue weighted by molar-refractivity contribution is 5.76. The SMILES string of the molecule is Cc1ccc(C(C)N(C)C(=O)Cn2cc(N)cn2)cc1. The van der Waals surface area contributed by atoms with Crippen molar-refractivity contribution in [2.45, 2.75) is 26.4 Å². The van der Waals surface area contributed by atoms with E-state index >= 15 is 0 Å². The third kappa shape index (κ3) is 3.17. The minimum atomic E-state index is 0.00109. The van der Waals surface area contributed by atoms with Gasteiger partial charge in [-0.05, 0) is 19.4 Å². The fourth-order valence-electron chi connectivity index (χ4n) is 2.00. The second-order valence-electron chi connectivity index (χ2n) is 5.06. The number of nitrogens with zero attached hydrogens (tertiary/aromatic N) is 3. The van der Waals surface area contributed by atoms with Crippen LogP contribution >= 0.6 is 0 Å². The number of carbonyl (C=O) groups is 1. The van der Waals surface area contributed by atoms with Crippen LogP contribution in [0.3, 0.4) is 0 Å². The van der Waals surface area contributed by atoms with Crippen molar-refractivity contribution in [1.29, 1.82) is 0 Å². The quantitative estimate of drug-likeness (QED) is 0.925. The van der Waals surface area contributed by atoms with Crippen LogP contribution in [-0.2, 0) is 11.3 Å². The molecule has 106 valence electrons. The Morgan fingerprint density at radius 3 is 2.60 bits per heavy atom. The second-order valence-corrected chi connectivity index (χ2v) is 5.06. The molecule has 1 unspecified atom stereocenters. The van der Waals surface area contributed by atoms with E-state index in [9.17, 15) is 4.79 Å². The molecule has 5 heteroatoms. The van der Waals surface area contributed by atoms with Crippen molar-refractivity contribution in [3.8, 4) is 0 Å². The number of carbonyl (C=O) groups excluding carboxylic acids is 1. The van der Waals surface area contributed by atoms with Crippen LogP contribution in [0, 0.1) is 6.92 Å². The van der Waals surface area contributed by atoms with E-state index in [1.165, 1.54) is 11.8 Å². The molecule has 0 saturated carbocycles. The average Bonchev–Trinajstić information content (AvgIpc) is 2.83. The first kappa shape index (κ1) is 14.1. The first-order chi connectivity index (χ1) is 9.47. The van der Waals surface area contributed by atoms with Gasteiger partial charge in [0.25, 0.3) is 0 Å². The summed E-state index contributed by atoms with van der Waals surface area (Å²) in [6.07, 6.45) is 3.19. The van der Waals surface area contributed by atoms with E-state index < -0.39 is 0 Å². The molecule has 20 heavy (non-hydrogen) atoms. The smallest absolute Gasteiger partial charge is 0.244 e.